The number of rotatable bonds is 2. The summed E-state index contributed by atoms with van der Waals surface area (Å²) in [6.45, 7) is 7.79. The van der Waals surface area contributed by atoms with E-state index in [1.54, 1.807) is 6.92 Å². The summed E-state index contributed by atoms with van der Waals surface area (Å²) >= 11 is 0. The molecule has 0 aromatic rings. The van der Waals surface area contributed by atoms with Gasteiger partial charge in [0.25, 0.3) is 6.47 Å². The molecule has 0 bridgehead atoms. The van der Waals surface area contributed by atoms with E-state index in [1.807, 2.05) is 0 Å². The number of carbonyl (C=O) groups is 1. The lowest BCUT2D eigenvalue weighted by atomic mass is 10.7. The molecule has 0 atom stereocenters. The normalized spacial score (nSPS) is 5.64. The predicted octanol–water partition coefficient (Wildman–Crippen LogP) is 0.956. The lowest BCUT2D eigenvalue weighted by Gasteiger charge is -1.86. The van der Waals surface area contributed by atoms with Crippen molar-refractivity contribution in [2.75, 3.05) is 13.1 Å². The van der Waals surface area contributed by atoms with Gasteiger partial charge in [0.1, 0.15) is 0 Å². The number of nitrogens with one attached hydrogen (secondary N) is 1. The summed E-state index contributed by atoms with van der Waals surface area (Å²) in [7, 11) is 0. The molecule has 0 radical (unpaired) electrons. The van der Waals surface area contributed by atoms with Crippen molar-refractivity contribution < 1.29 is 9.90 Å². The molecule has 11 heavy (non-hydrogen) atoms. The first-order valence-corrected chi connectivity index (χ1v) is 3.40. The first kappa shape index (κ1) is 16.5. The van der Waals surface area contributed by atoms with Gasteiger partial charge in [-0.15, -0.1) is 12.3 Å². The van der Waals surface area contributed by atoms with E-state index in [9.17, 15) is 0 Å². The van der Waals surface area contributed by atoms with E-state index in [1.165, 1.54) is 0 Å². The Bertz CT molecular complexity index is 84.6. The minimum atomic E-state index is -0.250. The predicted molar refractivity (Wildman–Crippen MR) is 47.4 cm³/mol. The molecule has 0 heterocycles. The average molecular weight is 159 g/mol. The number of terminal acetylenes is 1. The minimum Gasteiger partial charge on any atom is -0.483 e. The molecule has 0 fully saturated rings. The molecule has 0 aromatic carbocycles. The fourth-order valence-electron chi connectivity index (χ4n) is 0.250. The Morgan fingerprint density at radius 2 is 1.73 bits per heavy atom. The third-order valence-electron chi connectivity index (χ3n) is 0.500. The highest BCUT2D eigenvalue weighted by Gasteiger charge is 1.62. The van der Waals surface area contributed by atoms with Crippen molar-refractivity contribution in [2.24, 2.45) is 0 Å². The van der Waals surface area contributed by atoms with E-state index in [-0.39, 0.29) is 6.47 Å². The highest BCUT2D eigenvalue weighted by Crippen LogP contribution is 1.47. The maximum Gasteiger partial charge on any atom is 0.290 e. The van der Waals surface area contributed by atoms with Gasteiger partial charge in [-0.25, -0.2) is 0 Å². The van der Waals surface area contributed by atoms with Crippen LogP contribution in [0.2, 0.25) is 0 Å². The molecule has 3 nitrogen and oxygen atoms in total. The smallest absolute Gasteiger partial charge is 0.290 e. The molecule has 0 saturated carbocycles. The first-order valence-electron chi connectivity index (χ1n) is 3.40. The highest BCUT2D eigenvalue weighted by molar-refractivity contribution is 5.32. The lowest BCUT2D eigenvalue weighted by Crippen LogP contribution is -2.09. The Hall–Kier alpha value is -1.01. The van der Waals surface area contributed by atoms with Crippen LogP contribution in [0.5, 0.6) is 0 Å². The molecule has 0 aliphatic rings. The van der Waals surface area contributed by atoms with Crippen LogP contribution in [0.4, 0.5) is 0 Å². The van der Waals surface area contributed by atoms with Crippen molar-refractivity contribution in [2.45, 2.75) is 20.8 Å². The van der Waals surface area contributed by atoms with Gasteiger partial charge in [0.05, 0.1) is 0 Å². The highest BCUT2D eigenvalue weighted by atomic mass is 16.3. The van der Waals surface area contributed by atoms with Crippen molar-refractivity contribution in [1.82, 2.24) is 5.32 Å². The second kappa shape index (κ2) is 36.1. The summed E-state index contributed by atoms with van der Waals surface area (Å²) in [5, 5.41) is 10.0. The second-order valence-electron chi connectivity index (χ2n) is 1.35. The molecular weight excluding hydrogens is 142 g/mol. The van der Waals surface area contributed by atoms with Gasteiger partial charge in [0.15, 0.2) is 0 Å². The zero-order chi connectivity index (χ0) is 9.54. The van der Waals surface area contributed by atoms with Crippen molar-refractivity contribution in [3.05, 3.63) is 0 Å². The summed E-state index contributed by atoms with van der Waals surface area (Å²) in [6.07, 6.45) is 4.60. The third-order valence-corrected chi connectivity index (χ3v) is 0.500. The van der Waals surface area contributed by atoms with Crippen LogP contribution in [-0.4, -0.2) is 24.7 Å². The van der Waals surface area contributed by atoms with Crippen molar-refractivity contribution in [3.63, 3.8) is 0 Å². The van der Waals surface area contributed by atoms with E-state index in [4.69, 9.17) is 9.90 Å². The first-order chi connectivity index (χ1) is 5.24. The van der Waals surface area contributed by atoms with Gasteiger partial charge >= 0.3 is 0 Å². The van der Waals surface area contributed by atoms with Gasteiger partial charge in [0.2, 0.25) is 0 Å². The standard InChI is InChI=1S/C4H11N.C3H4.CH2O2/c1-3-5-4-2;1-3-2;2-1-3/h5H,3-4H2,1-2H3;1H,2H3;1H,(H,2,3). The molecule has 0 aliphatic heterocycles. The average Bonchev–Trinajstić information content (AvgIpc) is 1.92. The molecule has 0 aliphatic carbocycles. The lowest BCUT2D eigenvalue weighted by molar-refractivity contribution is -0.122. The van der Waals surface area contributed by atoms with E-state index in [0.29, 0.717) is 0 Å². The second-order valence-corrected chi connectivity index (χ2v) is 1.35. The Morgan fingerprint density at radius 3 is 1.73 bits per heavy atom. The van der Waals surface area contributed by atoms with Crippen molar-refractivity contribution in [1.29, 1.82) is 0 Å². The van der Waals surface area contributed by atoms with Gasteiger partial charge in [-0.3, -0.25) is 4.79 Å². The Kier molecular flexibility index (Phi) is 54.2. The van der Waals surface area contributed by atoms with Crippen LogP contribution < -0.4 is 5.32 Å². The molecule has 0 rings (SSSR count). The monoisotopic (exact) mass is 159 g/mol. The molecular formula is C8H17NO2. The fraction of sp³-hybridized carbons (Fsp3) is 0.625. The summed E-state index contributed by atoms with van der Waals surface area (Å²) < 4.78 is 0. The molecule has 0 saturated heterocycles. The number of carboxylic acid groups (broad SMARTS) is 1. The van der Waals surface area contributed by atoms with E-state index < -0.39 is 0 Å². The van der Waals surface area contributed by atoms with Crippen LogP contribution in [0.1, 0.15) is 20.8 Å². The molecule has 3 heteroatoms. The van der Waals surface area contributed by atoms with Crippen molar-refractivity contribution in [3.8, 4) is 12.3 Å². The SMILES string of the molecule is C#CC.CCNCC.O=CO. The minimum absolute atomic E-state index is 0.250. The van der Waals surface area contributed by atoms with Crippen LogP contribution in [0.15, 0.2) is 0 Å². The quantitative estimate of drug-likeness (QED) is 0.466. The maximum absolute atomic E-state index is 8.36. The summed E-state index contributed by atoms with van der Waals surface area (Å²) in [4.78, 5) is 8.36. The largest absolute Gasteiger partial charge is 0.483 e. The molecule has 0 unspecified atom stereocenters. The number of hydrogen-bond acceptors (Lipinski definition) is 2. The number of hydrogen-bond donors (Lipinski definition) is 2. The zero-order valence-electron chi connectivity index (χ0n) is 7.42. The van der Waals surface area contributed by atoms with Gasteiger partial charge < -0.3 is 10.4 Å². The topological polar surface area (TPSA) is 49.3 Å². The Morgan fingerprint density at radius 1 is 1.55 bits per heavy atom. The maximum atomic E-state index is 8.36. The van der Waals surface area contributed by atoms with E-state index >= 15 is 0 Å². The molecule has 0 spiro atoms. The third kappa shape index (κ3) is 448. The van der Waals surface area contributed by atoms with E-state index in [2.05, 4.69) is 31.5 Å². The van der Waals surface area contributed by atoms with Crippen LogP contribution in [0, 0.1) is 12.3 Å². The molecule has 0 aromatic heterocycles. The van der Waals surface area contributed by atoms with E-state index in [0.717, 1.165) is 13.1 Å². The van der Waals surface area contributed by atoms with Gasteiger partial charge in [0, 0.05) is 0 Å². The van der Waals surface area contributed by atoms with Crippen LogP contribution in [-0.2, 0) is 4.79 Å². The van der Waals surface area contributed by atoms with Crippen LogP contribution in [0.3, 0.4) is 0 Å². The van der Waals surface area contributed by atoms with Crippen LogP contribution >= 0.6 is 0 Å². The molecule has 2 N–H and O–H groups in total. The van der Waals surface area contributed by atoms with Gasteiger partial charge in [-0.1, -0.05) is 13.8 Å². The molecule has 0 amide bonds. The Labute approximate surface area is 68.8 Å². The van der Waals surface area contributed by atoms with Gasteiger partial charge in [-0.2, -0.15) is 0 Å². The summed E-state index contributed by atoms with van der Waals surface area (Å²) in [5.41, 5.74) is 0. The molecule has 66 valence electrons. The van der Waals surface area contributed by atoms with Crippen molar-refractivity contribution >= 4 is 6.47 Å². The Balaban J connectivity index is -0.0000000933. The summed E-state index contributed by atoms with van der Waals surface area (Å²) in [5.74, 6) is 2.25. The summed E-state index contributed by atoms with van der Waals surface area (Å²) in [6, 6.07) is 0. The zero-order valence-corrected chi connectivity index (χ0v) is 7.42. The fourth-order valence-corrected chi connectivity index (χ4v) is 0.250. The van der Waals surface area contributed by atoms with Crippen LogP contribution in [0.25, 0.3) is 0 Å². The van der Waals surface area contributed by atoms with Gasteiger partial charge in [-0.05, 0) is 20.0 Å².